The van der Waals surface area contributed by atoms with Crippen molar-refractivity contribution in [3.63, 3.8) is 0 Å². The molecule has 3 heterocycles. The van der Waals surface area contributed by atoms with Crippen LogP contribution in [0.25, 0.3) is 11.2 Å². The number of ether oxygens (including phenoxy) is 1. The predicted octanol–water partition coefficient (Wildman–Crippen LogP) is 3.12. The van der Waals surface area contributed by atoms with Crippen LogP contribution in [0.1, 0.15) is 58.6 Å². The van der Waals surface area contributed by atoms with Crippen molar-refractivity contribution in [3.8, 4) is 0 Å². The Hall–Kier alpha value is -1.73. The predicted molar refractivity (Wildman–Crippen MR) is 102 cm³/mol. The molecule has 2 aromatic rings. The molecule has 0 amide bonds. The maximum absolute atomic E-state index is 9.83. The molecule has 0 bridgehead atoms. The zero-order chi connectivity index (χ0) is 18.6. The molecule has 2 aliphatic carbocycles. The lowest BCUT2D eigenvalue weighted by Crippen LogP contribution is -2.22. The van der Waals surface area contributed by atoms with Crippen molar-refractivity contribution >= 4 is 17.0 Å². The first-order chi connectivity index (χ1) is 13.1. The van der Waals surface area contributed by atoms with Crippen LogP contribution in [0.5, 0.6) is 0 Å². The lowest BCUT2D eigenvalue weighted by atomic mass is 9.89. The number of anilines is 1. The summed E-state index contributed by atoms with van der Waals surface area (Å²) in [5, 5.41) is 13.4. The number of hydrogen-bond donors (Lipinski definition) is 2. The molecule has 1 aliphatic heterocycles. The van der Waals surface area contributed by atoms with Gasteiger partial charge in [0.05, 0.1) is 19.0 Å². The molecule has 2 aromatic heterocycles. The van der Waals surface area contributed by atoms with E-state index < -0.39 is 0 Å². The van der Waals surface area contributed by atoms with Crippen molar-refractivity contribution in [2.75, 3.05) is 11.9 Å². The number of aliphatic hydroxyl groups excluding tert-OH is 1. The fraction of sp³-hybridized carbons (Fsp3) is 0.750. The normalized spacial score (nSPS) is 33.0. The highest BCUT2D eigenvalue weighted by Gasteiger charge is 2.53. The van der Waals surface area contributed by atoms with Gasteiger partial charge in [0.25, 0.3) is 0 Å². The topological polar surface area (TPSA) is 85.1 Å². The highest BCUT2D eigenvalue weighted by Crippen LogP contribution is 2.56. The number of nitrogens with one attached hydrogen (secondary N) is 1. The molecule has 1 unspecified atom stereocenters. The molecule has 7 nitrogen and oxygen atoms in total. The van der Waals surface area contributed by atoms with E-state index in [9.17, 15) is 5.11 Å². The summed E-state index contributed by atoms with van der Waals surface area (Å²) < 4.78 is 8.35. The third-order valence-electron chi connectivity index (χ3n) is 6.79. The van der Waals surface area contributed by atoms with Gasteiger partial charge in [0, 0.05) is 12.0 Å². The summed E-state index contributed by atoms with van der Waals surface area (Å²) in [5.74, 6) is 1.60. The van der Waals surface area contributed by atoms with Crippen LogP contribution >= 0.6 is 0 Å². The van der Waals surface area contributed by atoms with Gasteiger partial charge >= 0.3 is 0 Å². The summed E-state index contributed by atoms with van der Waals surface area (Å²) in [7, 11) is 0. The van der Waals surface area contributed by atoms with Crippen molar-refractivity contribution < 1.29 is 9.84 Å². The molecule has 2 N–H and O–H groups in total. The lowest BCUT2D eigenvalue weighted by molar-refractivity contribution is -0.0457. The molecule has 1 saturated heterocycles. The van der Waals surface area contributed by atoms with Crippen LogP contribution in [0, 0.1) is 17.3 Å². The van der Waals surface area contributed by atoms with E-state index >= 15 is 0 Å². The van der Waals surface area contributed by atoms with Crippen molar-refractivity contribution in [1.29, 1.82) is 0 Å². The minimum Gasteiger partial charge on any atom is -0.394 e. The molecule has 146 valence electrons. The number of hydrogen-bond acceptors (Lipinski definition) is 6. The summed E-state index contributed by atoms with van der Waals surface area (Å²) >= 11 is 0. The third kappa shape index (κ3) is 2.91. The third-order valence-corrected chi connectivity index (χ3v) is 6.79. The van der Waals surface area contributed by atoms with Crippen molar-refractivity contribution in [2.45, 2.75) is 70.7 Å². The van der Waals surface area contributed by atoms with Gasteiger partial charge in [0.2, 0.25) is 0 Å². The molecule has 7 heteroatoms. The van der Waals surface area contributed by atoms with Gasteiger partial charge in [0.15, 0.2) is 17.0 Å². The summed E-state index contributed by atoms with van der Waals surface area (Å²) in [6.07, 6.45) is 10.4. The Morgan fingerprint density at radius 3 is 2.74 bits per heavy atom. The molecule has 3 fully saturated rings. The van der Waals surface area contributed by atoms with E-state index in [1.807, 2.05) is 6.33 Å². The zero-order valence-electron chi connectivity index (χ0n) is 16.1. The van der Waals surface area contributed by atoms with E-state index in [1.165, 1.54) is 25.7 Å². The first-order valence-electron chi connectivity index (χ1n) is 10.3. The smallest absolute Gasteiger partial charge is 0.167 e. The number of aromatic nitrogens is 4. The molecule has 0 radical (unpaired) electrons. The van der Waals surface area contributed by atoms with Gasteiger partial charge in [0.1, 0.15) is 12.6 Å². The van der Waals surface area contributed by atoms with E-state index in [0.29, 0.717) is 17.9 Å². The second kappa shape index (κ2) is 6.41. The van der Waals surface area contributed by atoms with Gasteiger partial charge in [-0.3, -0.25) is 4.57 Å². The fourth-order valence-electron chi connectivity index (χ4n) is 5.62. The Morgan fingerprint density at radius 2 is 1.96 bits per heavy atom. The highest BCUT2D eigenvalue weighted by molar-refractivity contribution is 5.82. The van der Waals surface area contributed by atoms with Gasteiger partial charge in [-0.1, -0.05) is 26.7 Å². The molecule has 4 atom stereocenters. The van der Waals surface area contributed by atoms with Gasteiger partial charge in [-0.15, -0.1) is 0 Å². The van der Waals surface area contributed by atoms with Crippen molar-refractivity contribution in [2.24, 2.45) is 17.3 Å². The molecular weight excluding hydrogens is 342 g/mol. The summed E-state index contributed by atoms with van der Waals surface area (Å²) in [6.45, 7) is 4.70. The quantitative estimate of drug-likeness (QED) is 0.859. The highest BCUT2D eigenvalue weighted by atomic mass is 16.5. The first kappa shape index (κ1) is 17.4. The number of nitrogens with zero attached hydrogens (tertiary/aromatic N) is 4. The van der Waals surface area contributed by atoms with Crippen molar-refractivity contribution in [3.05, 3.63) is 12.7 Å². The Labute approximate surface area is 159 Å². The Morgan fingerprint density at radius 1 is 1.19 bits per heavy atom. The SMILES string of the molecule is CC1(C)C[C@@H]2[C@@H](CO)OC(n3cnc4c(NC5CCCC5)ncnc43)[C@@H]2C1. The number of aliphatic hydroxyl groups is 1. The maximum Gasteiger partial charge on any atom is 0.167 e. The number of rotatable bonds is 4. The molecular formula is C20H29N5O2. The maximum atomic E-state index is 9.83. The Bertz CT molecular complexity index is 829. The second-order valence-electron chi connectivity index (χ2n) is 9.32. The van der Waals surface area contributed by atoms with E-state index in [-0.39, 0.29) is 24.4 Å². The largest absolute Gasteiger partial charge is 0.394 e. The summed E-state index contributed by atoms with van der Waals surface area (Å²) in [5.41, 5.74) is 1.91. The van der Waals surface area contributed by atoms with E-state index in [1.54, 1.807) is 6.33 Å². The molecule has 3 aliphatic rings. The van der Waals surface area contributed by atoms with E-state index in [0.717, 1.165) is 29.8 Å². The minimum absolute atomic E-state index is 0.0733. The van der Waals surface area contributed by atoms with E-state index in [4.69, 9.17) is 4.74 Å². The standard InChI is InChI=1S/C20H29N5O2/c1-20(2)7-13-14(8-20)19(27-15(13)9-26)25-11-23-16-17(21-10-22-18(16)25)24-12-5-3-4-6-12/h10-15,19,26H,3-9H2,1-2H3,(H,21,22,24)/t13-,14+,15+,19?/m0/s1. The molecule has 5 rings (SSSR count). The summed E-state index contributed by atoms with van der Waals surface area (Å²) in [6, 6.07) is 0.481. The number of imidazole rings is 1. The molecule has 0 aromatic carbocycles. The Kier molecular flexibility index (Phi) is 4.13. The van der Waals surface area contributed by atoms with Gasteiger partial charge < -0.3 is 15.2 Å². The van der Waals surface area contributed by atoms with E-state index in [2.05, 4.69) is 38.7 Å². The average molecular weight is 371 g/mol. The Balaban J connectivity index is 1.48. The molecule has 2 saturated carbocycles. The van der Waals surface area contributed by atoms with Crippen LogP contribution < -0.4 is 5.32 Å². The van der Waals surface area contributed by atoms with Crippen LogP contribution in [-0.2, 0) is 4.74 Å². The monoisotopic (exact) mass is 371 g/mol. The number of fused-ring (bicyclic) bond motifs is 2. The van der Waals surface area contributed by atoms with Crippen LogP contribution in [-0.4, -0.2) is 43.4 Å². The van der Waals surface area contributed by atoms with Crippen LogP contribution in [0.2, 0.25) is 0 Å². The molecule has 0 spiro atoms. The van der Waals surface area contributed by atoms with Crippen LogP contribution in [0.4, 0.5) is 5.82 Å². The lowest BCUT2D eigenvalue weighted by Gasteiger charge is -2.24. The van der Waals surface area contributed by atoms with Crippen LogP contribution in [0.3, 0.4) is 0 Å². The molecule has 27 heavy (non-hydrogen) atoms. The zero-order valence-corrected chi connectivity index (χ0v) is 16.1. The second-order valence-corrected chi connectivity index (χ2v) is 9.32. The van der Waals surface area contributed by atoms with Crippen molar-refractivity contribution in [1.82, 2.24) is 19.5 Å². The van der Waals surface area contributed by atoms with Gasteiger partial charge in [-0.25, -0.2) is 15.0 Å². The van der Waals surface area contributed by atoms with Gasteiger partial charge in [-0.2, -0.15) is 0 Å². The minimum atomic E-state index is -0.117. The first-order valence-corrected chi connectivity index (χ1v) is 10.3. The van der Waals surface area contributed by atoms with Crippen LogP contribution in [0.15, 0.2) is 12.7 Å². The fourth-order valence-corrected chi connectivity index (χ4v) is 5.62. The van der Waals surface area contributed by atoms with Gasteiger partial charge in [-0.05, 0) is 37.0 Å². The summed E-state index contributed by atoms with van der Waals surface area (Å²) in [4.78, 5) is 13.6. The average Bonchev–Trinajstić information content (AvgIpc) is 3.38.